The van der Waals surface area contributed by atoms with E-state index < -0.39 is 35.4 Å². The molecule has 1 atom stereocenters. The van der Waals surface area contributed by atoms with Crippen LogP contribution < -0.4 is 5.32 Å². The van der Waals surface area contributed by atoms with Gasteiger partial charge in [0.05, 0.1) is 18.2 Å². The highest BCUT2D eigenvalue weighted by atomic mass is 19.4. The minimum Gasteiger partial charge on any atom is -0.481 e. The van der Waals surface area contributed by atoms with Gasteiger partial charge in [-0.25, -0.2) is 0 Å². The van der Waals surface area contributed by atoms with Crippen LogP contribution in [0, 0.1) is 0 Å². The minimum absolute atomic E-state index is 0.384. The molecule has 9 heteroatoms. The van der Waals surface area contributed by atoms with Crippen molar-refractivity contribution in [2.45, 2.75) is 25.6 Å². The quantitative estimate of drug-likeness (QED) is 0.757. The number of nitrogens with one attached hydrogen (secondary N) is 2. The molecule has 1 heterocycles. The lowest BCUT2D eigenvalue weighted by atomic mass is 10.2. The lowest BCUT2D eigenvalue weighted by molar-refractivity contribution is -0.141. The number of amides is 1. The number of H-pyrrole nitrogens is 1. The molecule has 100 valence electrons. The summed E-state index contributed by atoms with van der Waals surface area (Å²) in [5, 5.41) is 15.5. The number of hydrogen-bond acceptors (Lipinski definition) is 3. The van der Waals surface area contributed by atoms with E-state index in [1.54, 1.807) is 5.10 Å². The van der Waals surface area contributed by atoms with E-state index in [1.807, 2.05) is 0 Å². The summed E-state index contributed by atoms with van der Waals surface area (Å²) >= 11 is 0. The third kappa shape index (κ3) is 3.47. The third-order valence-electron chi connectivity index (χ3n) is 2.03. The zero-order valence-electron chi connectivity index (χ0n) is 9.21. The standard InChI is InChI=1S/C9H10F3N3O3/c1-4(2-6(16)17)14-8(18)5-3-13-15-7(5)9(10,11)12/h3-4H,2H2,1H3,(H,13,15)(H,14,18)(H,16,17). The van der Waals surface area contributed by atoms with Gasteiger partial charge in [-0.2, -0.15) is 18.3 Å². The number of halogens is 3. The average Bonchev–Trinajstić information content (AvgIpc) is 2.62. The fourth-order valence-electron chi connectivity index (χ4n) is 1.29. The number of rotatable bonds is 4. The first-order chi connectivity index (χ1) is 8.21. The smallest absolute Gasteiger partial charge is 0.433 e. The van der Waals surface area contributed by atoms with Gasteiger partial charge in [-0.05, 0) is 6.92 Å². The third-order valence-corrected chi connectivity index (χ3v) is 2.03. The van der Waals surface area contributed by atoms with Gasteiger partial charge in [-0.3, -0.25) is 14.7 Å². The second kappa shape index (κ2) is 5.07. The Labute approximate surface area is 99.2 Å². The van der Waals surface area contributed by atoms with Crippen molar-refractivity contribution in [3.05, 3.63) is 17.5 Å². The maximum Gasteiger partial charge on any atom is 0.433 e. The topological polar surface area (TPSA) is 95.1 Å². The van der Waals surface area contributed by atoms with Gasteiger partial charge < -0.3 is 10.4 Å². The molecular weight excluding hydrogens is 255 g/mol. The van der Waals surface area contributed by atoms with Crippen molar-refractivity contribution in [2.75, 3.05) is 0 Å². The molecule has 1 aromatic rings. The number of aromatic amines is 1. The number of carbonyl (C=O) groups excluding carboxylic acids is 1. The highest BCUT2D eigenvalue weighted by Gasteiger charge is 2.37. The summed E-state index contributed by atoms with van der Waals surface area (Å²) in [4.78, 5) is 21.9. The van der Waals surface area contributed by atoms with Gasteiger partial charge >= 0.3 is 12.1 Å². The maximum absolute atomic E-state index is 12.4. The number of nitrogens with zero attached hydrogens (tertiary/aromatic N) is 1. The molecule has 1 rings (SSSR count). The van der Waals surface area contributed by atoms with E-state index in [-0.39, 0.29) is 6.42 Å². The van der Waals surface area contributed by atoms with Gasteiger partial charge in [-0.15, -0.1) is 0 Å². The Morgan fingerprint density at radius 3 is 2.67 bits per heavy atom. The van der Waals surface area contributed by atoms with Crippen LogP contribution in [0.1, 0.15) is 29.4 Å². The number of hydrogen-bond donors (Lipinski definition) is 3. The van der Waals surface area contributed by atoms with Crippen LogP contribution >= 0.6 is 0 Å². The molecule has 0 spiro atoms. The van der Waals surface area contributed by atoms with Crippen molar-refractivity contribution in [1.82, 2.24) is 15.5 Å². The molecule has 0 fully saturated rings. The van der Waals surface area contributed by atoms with Crippen LogP contribution in [0.3, 0.4) is 0 Å². The summed E-state index contributed by atoms with van der Waals surface area (Å²) in [5.74, 6) is -2.18. The van der Waals surface area contributed by atoms with Gasteiger partial charge in [-0.1, -0.05) is 0 Å². The zero-order valence-corrected chi connectivity index (χ0v) is 9.21. The van der Waals surface area contributed by atoms with Crippen molar-refractivity contribution < 1.29 is 27.9 Å². The summed E-state index contributed by atoms with van der Waals surface area (Å²) in [5.41, 5.74) is -1.93. The molecule has 0 saturated heterocycles. The van der Waals surface area contributed by atoms with Crippen LogP contribution in [-0.4, -0.2) is 33.2 Å². The Morgan fingerprint density at radius 2 is 2.17 bits per heavy atom. The molecule has 0 radical (unpaired) electrons. The van der Waals surface area contributed by atoms with Crippen LogP contribution in [0.5, 0.6) is 0 Å². The van der Waals surface area contributed by atoms with E-state index in [0.29, 0.717) is 0 Å². The predicted molar refractivity (Wildman–Crippen MR) is 52.8 cm³/mol. The lowest BCUT2D eigenvalue weighted by Gasteiger charge is -2.12. The molecule has 0 aromatic carbocycles. The molecule has 3 N–H and O–H groups in total. The van der Waals surface area contributed by atoms with E-state index in [2.05, 4.69) is 10.4 Å². The summed E-state index contributed by atoms with van der Waals surface area (Å²) < 4.78 is 37.3. The Hall–Kier alpha value is -2.06. The fraction of sp³-hybridized carbons (Fsp3) is 0.444. The largest absolute Gasteiger partial charge is 0.481 e. The summed E-state index contributed by atoms with van der Waals surface area (Å²) in [7, 11) is 0. The van der Waals surface area contributed by atoms with Crippen molar-refractivity contribution >= 4 is 11.9 Å². The molecule has 0 aliphatic heterocycles. The lowest BCUT2D eigenvalue weighted by Crippen LogP contribution is -2.35. The Bertz CT molecular complexity index is 455. The van der Waals surface area contributed by atoms with Crippen LogP contribution in [0.2, 0.25) is 0 Å². The molecule has 0 aliphatic rings. The van der Waals surface area contributed by atoms with Crippen molar-refractivity contribution in [2.24, 2.45) is 0 Å². The number of carbonyl (C=O) groups is 2. The van der Waals surface area contributed by atoms with Crippen LogP contribution in [-0.2, 0) is 11.0 Å². The Morgan fingerprint density at radius 1 is 1.56 bits per heavy atom. The van der Waals surface area contributed by atoms with E-state index in [0.717, 1.165) is 6.20 Å². The van der Waals surface area contributed by atoms with Crippen LogP contribution in [0.25, 0.3) is 0 Å². The summed E-state index contributed by atoms with van der Waals surface area (Å²) in [6.45, 7) is 1.37. The zero-order chi connectivity index (χ0) is 13.9. The molecule has 18 heavy (non-hydrogen) atoms. The second-order valence-electron chi connectivity index (χ2n) is 3.63. The Kier molecular flexibility index (Phi) is 3.94. The molecule has 0 bridgehead atoms. The summed E-state index contributed by atoms with van der Waals surface area (Å²) in [6.07, 6.45) is -4.37. The number of alkyl halides is 3. The van der Waals surface area contributed by atoms with Gasteiger partial charge in [0.2, 0.25) is 0 Å². The van der Waals surface area contributed by atoms with Gasteiger partial charge in [0.1, 0.15) is 0 Å². The molecule has 1 aromatic heterocycles. The van der Waals surface area contributed by atoms with E-state index >= 15 is 0 Å². The number of carboxylic acid groups (broad SMARTS) is 1. The average molecular weight is 265 g/mol. The van der Waals surface area contributed by atoms with Crippen LogP contribution in [0.4, 0.5) is 13.2 Å². The fourth-order valence-corrected chi connectivity index (χ4v) is 1.29. The van der Waals surface area contributed by atoms with Gasteiger partial charge in [0.15, 0.2) is 5.69 Å². The normalized spacial score (nSPS) is 13.1. The van der Waals surface area contributed by atoms with E-state index in [9.17, 15) is 22.8 Å². The molecule has 0 saturated carbocycles. The predicted octanol–water partition coefficient (Wildman–Crippen LogP) is 1.02. The first kappa shape index (κ1) is 14.0. The maximum atomic E-state index is 12.4. The molecule has 6 nitrogen and oxygen atoms in total. The van der Waals surface area contributed by atoms with Crippen molar-refractivity contribution in [3.63, 3.8) is 0 Å². The second-order valence-corrected chi connectivity index (χ2v) is 3.63. The molecular formula is C9H10F3N3O3. The highest BCUT2D eigenvalue weighted by Crippen LogP contribution is 2.29. The molecule has 0 aliphatic carbocycles. The Balaban J connectivity index is 2.80. The summed E-state index contributed by atoms with van der Waals surface area (Å²) in [6, 6.07) is -0.786. The molecule has 1 unspecified atom stereocenters. The van der Waals surface area contributed by atoms with Crippen LogP contribution in [0.15, 0.2) is 6.20 Å². The minimum atomic E-state index is -4.72. The number of carboxylic acids is 1. The number of aromatic nitrogens is 2. The first-order valence-corrected chi connectivity index (χ1v) is 4.85. The highest BCUT2D eigenvalue weighted by molar-refractivity contribution is 5.95. The van der Waals surface area contributed by atoms with E-state index in [4.69, 9.17) is 5.11 Å². The van der Waals surface area contributed by atoms with Crippen molar-refractivity contribution in [1.29, 1.82) is 0 Å². The van der Waals surface area contributed by atoms with Crippen molar-refractivity contribution in [3.8, 4) is 0 Å². The van der Waals surface area contributed by atoms with Gasteiger partial charge in [0, 0.05) is 6.04 Å². The monoisotopic (exact) mass is 265 g/mol. The SMILES string of the molecule is CC(CC(=O)O)NC(=O)c1cn[nH]c1C(F)(F)F. The van der Waals surface area contributed by atoms with E-state index in [1.165, 1.54) is 6.92 Å². The molecule has 1 amide bonds. The van der Waals surface area contributed by atoms with Gasteiger partial charge in [0.25, 0.3) is 5.91 Å². The number of aliphatic carboxylic acids is 1. The first-order valence-electron chi connectivity index (χ1n) is 4.85.